The van der Waals surface area contributed by atoms with Gasteiger partial charge in [0.05, 0.1) is 6.61 Å². The van der Waals surface area contributed by atoms with E-state index in [-0.39, 0.29) is 6.61 Å². The van der Waals surface area contributed by atoms with Gasteiger partial charge in [0.2, 0.25) is 0 Å². The number of aliphatic hydroxyl groups excluding tert-OH is 1. The average Bonchev–Trinajstić information content (AvgIpc) is 2.97. The van der Waals surface area contributed by atoms with Gasteiger partial charge in [-0.2, -0.15) is 10.1 Å². The van der Waals surface area contributed by atoms with Crippen LogP contribution in [0.25, 0.3) is 0 Å². The van der Waals surface area contributed by atoms with Crippen molar-refractivity contribution in [2.75, 3.05) is 18.5 Å². The topological polar surface area (TPSA) is 82.4 Å². The molecular formula is C10H11ClN6O+. The maximum absolute atomic E-state index is 9.12. The minimum atomic E-state index is -0.0992. The van der Waals surface area contributed by atoms with E-state index in [4.69, 9.17) is 16.9 Å². The number of aromatic nitrogens is 2. The molecule has 93 valence electrons. The third-order valence-corrected chi connectivity index (χ3v) is 2.78. The van der Waals surface area contributed by atoms with Gasteiger partial charge in [0.15, 0.2) is 12.0 Å². The molecule has 0 atom stereocenters. The van der Waals surface area contributed by atoms with Gasteiger partial charge in [-0.25, -0.2) is 0 Å². The number of amidine groups is 1. The Kier molecular flexibility index (Phi) is 2.78. The maximum Gasteiger partial charge on any atom is 0.285 e. The van der Waals surface area contributed by atoms with E-state index in [0.29, 0.717) is 18.1 Å². The zero-order chi connectivity index (χ0) is 12.5. The van der Waals surface area contributed by atoms with Crippen LogP contribution in [0.2, 0.25) is 0 Å². The van der Waals surface area contributed by atoms with Crippen LogP contribution in [-0.2, 0) is 0 Å². The van der Waals surface area contributed by atoms with Gasteiger partial charge in [-0.05, 0) is 4.90 Å². The van der Waals surface area contributed by atoms with Crippen molar-refractivity contribution < 1.29 is 5.11 Å². The van der Waals surface area contributed by atoms with E-state index in [1.165, 1.54) is 4.42 Å². The summed E-state index contributed by atoms with van der Waals surface area (Å²) in [5, 5.41) is 19.0. The van der Waals surface area contributed by atoms with Crippen molar-refractivity contribution in [1.82, 2.24) is 19.5 Å². The van der Waals surface area contributed by atoms with E-state index in [1.54, 1.807) is 24.7 Å². The van der Waals surface area contributed by atoms with Gasteiger partial charge >= 0.3 is 0 Å². The van der Waals surface area contributed by atoms with Crippen molar-refractivity contribution in [3.8, 4) is 0 Å². The molecule has 18 heavy (non-hydrogen) atoms. The van der Waals surface area contributed by atoms with Crippen LogP contribution < -0.4 is 10.2 Å². The Bertz CT molecular complexity index is 535. The standard InChI is InChI=1S/C10H11ClN6O/c11-16-4-9-13-7(6-18)3-17(9)10(5-16)14-8-1-2-12-15-8/h1-3,5,18H,4,6H2,(H2,12,14,15)/q+1. The summed E-state index contributed by atoms with van der Waals surface area (Å²) in [6, 6.07) is 1.80. The lowest BCUT2D eigenvalue weighted by Gasteiger charge is -2.18. The van der Waals surface area contributed by atoms with Crippen LogP contribution in [0.3, 0.4) is 0 Å². The molecule has 0 saturated carbocycles. The Morgan fingerprint density at radius 1 is 1.61 bits per heavy atom. The third-order valence-electron chi connectivity index (χ3n) is 2.56. The summed E-state index contributed by atoms with van der Waals surface area (Å²) in [5.41, 5.74) is 0.603. The van der Waals surface area contributed by atoms with E-state index < -0.39 is 0 Å². The monoisotopic (exact) mass is 266 g/mol. The molecule has 0 aromatic carbocycles. The number of aliphatic hydroxyl groups is 1. The molecule has 0 bridgehead atoms. The lowest BCUT2D eigenvalue weighted by molar-refractivity contribution is 0.330. The largest absolute Gasteiger partial charge is 0.390 e. The number of hydrogen-bond acceptors (Lipinski definition) is 6. The fourth-order valence-corrected chi connectivity index (χ4v) is 2.00. The molecule has 0 aliphatic carbocycles. The average molecular weight is 267 g/mol. The lowest BCUT2D eigenvalue weighted by Crippen LogP contribution is -2.42. The van der Waals surface area contributed by atoms with Crippen LogP contribution in [0, 0.1) is 0 Å². The zero-order valence-corrected chi connectivity index (χ0v) is 10.1. The highest BCUT2D eigenvalue weighted by Gasteiger charge is 2.39. The second-order valence-corrected chi connectivity index (χ2v) is 4.27. The Balaban J connectivity index is 1.88. The second-order valence-electron chi connectivity index (χ2n) is 3.83. The SMILES string of the molecule is OCC1=C[N+]2C(Nc3cc[nH]n3)=CN(Cl)CC2=N1. The Hall–Kier alpha value is -1.83. The number of aliphatic imine (C=N–C) groups is 1. The molecule has 7 nitrogen and oxygen atoms in total. The molecule has 0 saturated heterocycles. The quantitative estimate of drug-likeness (QED) is 0.549. The second kappa shape index (κ2) is 4.45. The summed E-state index contributed by atoms with van der Waals surface area (Å²) in [6.07, 6.45) is 5.23. The van der Waals surface area contributed by atoms with Crippen LogP contribution >= 0.6 is 11.8 Å². The minimum absolute atomic E-state index is 0.0992. The summed E-state index contributed by atoms with van der Waals surface area (Å²) in [5.74, 6) is 2.17. The Morgan fingerprint density at radius 2 is 2.50 bits per heavy atom. The van der Waals surface area contributed by atoms with Crippen molar-refractivity contribution in [1.29, 1.82) is 0 Å². The number of H-pyrrole nitrogens is 1. The Labute approximate surface area is 108 Å². The number of aromatic amines is 1. The summed E-state index contributed by atoms with van der Waals surface area (Å²) in [7, 11) is 0. The van der Waals surface area contributed by atoms with Crippen molar-refractivity contribution >= 4 is 23.4 Å². The minimum Gasteiger partial charge on any atom is -0.390 e. The highest BCUT2D eigenvalue weighted by Crippen LogP contribution is 2.21. The first kappa shape index (κ1) is 11.3. The molecule has 2 aliphatic rings. The van der Waals surface area contributed by atoms with Gasteiger partial charge in [0, 0.05) is 24.0 Å². The Morgan fingerprint density at radius 3 is 3.22 bits per heavy atom. The fraction of sp³-hybridized carbons (Fsp3) is 0.200. The summed E-state index contributed by atoms with van der Waals surface area (Å²) >= 11 is 6.00. The molecule has 0 unspecified atom stereocenters. The van der Waals surface area contributed by atoms with Crippen molar-refractivity contribution in [2.24, 2.45) is 4.99 Å². The fourth-order valence-electron chi connectivity index (χ4n) is 1.80. The molecule has 0 amide bonds. The van der Waals surface area contributed by atoms with E-state index in [9.17, 15) is 0 Å². The van der Waals surface area contributed by atoms with Gasteiger partial charge in [0.1, 0.15) is 18.4 Å². The van der Waals surface area contributed by atoms with E-state index in [2.05, 4.69) is 20.5 Å². The number of nitrogens with zero attached hydrogens (tertiary/aromatic N) is 4. The van der Waals surface area contributed by atoms with E-state index >= 15 is 0 Å². The molecule has 1 aromatic rings. The van der Waals surface area contributed by atoms with Crippen molar-refractivity contribution in [3.05, 3.63) is 36.2 Å². The smallest absolute Gasteiger partial charge is 0.285 e. The highest BCUT2D eigenvalue weighted by molar-refractivity contribution is 6.16. The van der Waals surface area contributed by atoms with Crippen LogP contribution in [0.4, 0.5) is 5.82 Å². The first-order valence-electron chi connectivity index (χ1n) is 5.35. The molecule has 0 fully saturated rings. The number of nitrogens with one attached hydrogen (secondary N) is 2. The first-order valence-corrected chi connectivity index (χ1v) is 5.69. The van der Waals surface area contributed by atoms with Crippen LogP contribution in [0.5, 0.6) is 0 Å². The van der Waals surface area contributed by atoms with Gasteiger partial charge in [-0.3, -0.25) is 14.8 Å². The van der Waals surface area contributed by atoms with Gasteiger partial charge in [0.25, 0.3) is 11.7 Å². The molecule has 3 N–H and O–H groups in total. The molecule has 1 radical (unpaired) electrons. The van der Waals surface area contributed by atoms with Gasteiger partial charge in [-0.1, -0.05) is 0 Å². The molecule has 1 aromatic heterocycles. The number of hydrogen-bond donors (Lipinski definition) is 3. The van der Waals surface area contributed by atoms with E-state index in [0.717, 1.165) is 11.7 Å². The normalized spacial score (nSPS) is 19.2. The molecule has 8 heteroatoms. The number of halogens is 1. The summed E-state index contributed by atoms with van der Waals surface area (Å²) < 4.78 is 1.50. The maximum atomic E-state index is 9.12. The van der Waals surface area contributed by atoms with E-state index in [1.807, 2.05) is 4.90 Å². The lowest BCUT2D eigenvalue weighted by atomic mass is 10.4. The zero-order valence-electron chi connectivity index (χ0n) is 9.34. The van der Waals surface area contributed by atoms with Crippen molar-refractivity contribution in [2.45, 2.75) is 0 Å². The highest BCUT2D eigenvalue weighted by atomic mass is 35.5. The molecular weight excluding hydrogens is 256 g/mol. The van der Waals surface area contributed by atoms with Crippen LogP contribution in [0.1, 0.15) is 0 Å². The molecule has 2 aliphatic heterocycles. The summed E-state index contributed by atoms with van der Waals surface area (Å²) in [6.45, 7) is 0.380. The van der Waals surface area contributed by atoms with Crippen LogP contribution in [-0.4, -0.2) is 38.7 Å². The number of rotatable bonds is 3. The predicted octanol–water partition coefficient (Wildman–Crippen LogP) is 0.476. The third kappa shape index (κ3) is 1.99. The van der Waals surface area contributed by atoms with Crippen molar-refractivity contribution in [3.63, 3.8) is 0 Å². The molecule has 3 rings (SSSR count). The predicted molar refractivity (Wildman–Crippen MR) is 67.6 cm³/mol. The molecule has 3 heterocycles. The molecule has 0 spiro atoms. The van der Waals surface area contributed by atoms with Crippen LogP contribution in [0.15, 0.2) is 41.2 Å². The summed E-state index contributed by atoms with van der Waals surface area (Å²) in [4.78, 5) is 6.12. The van der Waals surface area contributed by atoms with Gasteiger partial charge in [-0.15, -0.1) is 0 Å². The first-order chi connectivity index (χ1) is 8.76. The number of anilines is 1. The van der Waals surface area contributed by atoms with Gasteiger partial charge < -0.3 is 5.11 Å². The number of fused-ring (bicyclic) bond motifs is 1.